The highest BCUT2D eigenvalue weighted by atomic mass is 19.4. The maximum absolute atomic E-state index is 13.6. The largest absolute Gasteiger partial charge is 0.439 e. The van der Waals surface area contributed by atoms with Crippen LogP contribution in [-0.4, -0.2) is 43.3 Å². The minimum absolute atomic E-state index is 0.0847. The fourth-order valence-electron chi connectivity index (χ4n) is 6.14. The molecule has 0 aliphatic heterocycles. The maximum Gasteiger partial charge on any atom is 0.416 e. The number of pyridine rings is 2. The van der Waals surface area contributed by atoms with E-state index in [0.29, 0.717) is 47.0 Å². The van der Waals surface area contributed by atoms with Gasteiger partial charge in [0.1, 0.15) is 11.4 Å². The standard InChI is InChI=1S/C31H30F3N5O3/c1-17(40)12-19-16-37-39-29(19)25-9-5-18(15-36-25)30(41)38-21-7-8-22-23(14-21)28(22)24-13-20(31(32,33)34)6-10-26(24)42-27-4-2-3-11-35-27/h2-6,9-11,13,15-17,21-23,28,40H,7-8,12,14H2,1H3,(H,37,39)(H,38,41). The topological polar surface area (TPSA) is 113 Å². The zero-order valence-electron chi connectivity index (χ0n) is 22.8. The van der Waals surface area contributed by atoms with E-state index >= 15 is 0 Å². The van der Waals surface area contributed by atoms with E-state index in [1.807, 2.05) is 0 Å². The van der Waals surface area contributed by atoms with Gasteiger partial charge in [-0.3, -0.25) is 14.9 Å². The van der Waals surface area contributed by atoms with Crippen LogP contribution in [0.3, 0.4) is 0 Å². The molecule has 8 nitrogen and oxygen atoms in total. The average Bonchev–Trinajstić information content (AvgIpc) is 3.49. The number of hydrogen-bond donors (Lipinski definition) is 3. The van der Waals surface area contributed by atoms with Gasteiger partial charge in [0.25, 0.3) is 5.91 Å². The van der Waals surface area contributed by atoms with Gasteiger partial charge in [-0.15, -0.1) is 0 Å². The number of ether oxygens (including phenoxy) is 1. The molecule has 2 aliphatic carbocycles. The molecule has 5 unspecified atom stereocenters. The molecule has 3 N–H and O–H groups in total. The van der Waals surface area contributed by atoms with Crippen molar-refractivity contribution >= 4 is 5.91 Å². The number of aliphatic hydroxyl groups is 1. The molecular weight excluding hydrogens is 547 g/mol. The van der Waals surface area contributed by atoms with Crippen LogP contribution in [0.15, 0.2) is 67.1 Å². The Morgan fingerprint density at radius 2 is 2.00 bits per heavy atom. The van der Waals surface area contributed by atoms with E-state index in [0.717, 1.165) is 24.5 Å². The molecule has 0 saturated heterocycles. The van der Waals surface area contributed by atoms with Crippen LogP contribution in [0.1, 0.15) is 59.2 Å². The molecule has 2 fully saturated rings. The number of nitrogens with zero attached hydrogens (tertiary/aromatic N) is 3. The third-order valence-electron chi connectivity index (χ3n) is 8.12. The van der Waals surface area contributed by atoms with Gasteiger partial charge < -0.3 is 15.2 Å². The summed E-state index contributed by atoms with van der Waals surface area (Å²) in [7, 11) is 0. The van der Waals surface area contributed by atoms with Gasteiger partial charge in [0.2, 0.25) is 5.88 Å². The van der Waals surface area contributed by atoms with Crippen LogP contribution in [0.25, 0.3) is 11.4 Å². The number of nitrogens with one attached hydrogen (secondary N) is 2. The van der Waals surface area contributed by atoms with Crippen molar-refractivity contribution < 1.29 is 27.8 Å². The lowest BCUT2D eigenvalue weighted by molar-refractivity contribution is -0.137. The molecule has 0 radical (unpaired) electrons. The number of fused-ring (bicyclic) bond motifs is 1. The fourth-order valence-corrected chi connectivity index (χ4v) is 6.14. The number of alkyl halides is 3. The molecule has 11 heteroatoms. The Labute approximate surface area is 240 Å². The van der Waals surface area contributed by atoms with Crippen molar-refractivity contribution in [2.45, 2.75) is 56.8 Å². The van der Waals surface area contributed by atoms with E-state index in [-0.39, 0.29) is 29.7 Å². The molecule has 42 heavy (non-hydrogen) atoms. The molecule has 1 aromatic carbocycles. The fraction of sp³-hybridized carbons (Fsp3) is 0.355. The predicted octanol–water partition coefficient (Wildman–Crippen LogP) is 5.91. The summed E-state index contributed by atoms with van der Waals surface area (Å²) in [6.45, 7) is 1.70. The van der Waals surface area contributed by atoms with E-state index in [9.17, 15) is 23.1 Å². The molecule has 3 heterocycles. The van der Waals surface area contributed by atoms with Crippen molar-refractivity contribution in [3.8, 4) is 23.0 Å². The van der Waals surface area contributed by atoms with Gasteiger partial charge in [0.15, 0.2) is 0 Å². The maximum atomic E-state index is 13.6. The van der Waals surface area contributed by atoms with Crippen LogP contribution in [0.5, 0.6) is 11.6 Å². The highest BCUT2D eigenvalue weighted by molar-refractivity contribution is 5.94. The highest BCUT2D eigenvalue weighted by Crippen LogP contribution is 2.63. The summed E-state index contributed by atoms with van der Waals surface area (Å²) >= 11 is 0. The number of carbonyl (C=O) groups is 1. The summed E-state index contributed by atoms with van der Waals surface area (Å²) in [6.07, 6.45) is 2.43. The Kier molecular flexibility index (Phi) is 7.44. The van der Waals surface area contributed by atoms with Crippen LogP contribution >= 0.6 is 0 Å². The molecule has 2 saturated carbocycles. The molecule has 2 aliphatic rings. The highest BCUT2D eigenvalue weighted by Gasteiger charge is 2.55. The summed E-state index contributed by atoms with van der Waals surface area (Å²) in [6, 6.07) is 12.1. The van der Waals surface area contributed by atoms with E-state index < -0.39 is 17.8 Å². The second kappa shape index (κ2) is 11.2. The Balaban J connectivity index is 1.13. The van der Waals surface area contributed by atoms with Crippen molar-refractivity contribution in [2.75, 3.05) is 0 Å². The zero-order chi connectivity index (χ0) is 29.4. The molecule has 218 valence electrons. The van der Waals surface area contributed by atoms with Crippen molar-refractivity contribution in [3.05, 3.63) is 89.4 Å². The summed E-state index contributed by atoms with van der Waals surface area (Å²) in [5, 5.41) is 19.8. The average molecular weight is 578 g/mol. The first-order valence-corrected chi connectivity index (χ1v) is 14.0. The van der Waals surface area contributed by atoms with Gasteiger partial charge in [0.05, 0.1) is 22.9 Å². The van der Waals surface area contributed by atoms with Crippen molar-refractivity contribution in [1.82, 2.24) is 25.5 Å². The Hall–Kier alpha value is -4.25. The number of H-pyrrole nitrogens is 1. The summed E-state index contributed by atoms with van der Waals surface area (Å²) < 4.78 is 46.7. The first kappa shape index (κ1) is 27.9. The van der Waals surface area contributed by atoms with E-state index in [2.05, 4.69) is 25.5 Å². The van der Waals surface area contributed by atoms with Crippen LogP contribution < -0.4 is 10.1 Å². The lowest BCUT2D eigenvalue weighted by Gasteiger charge is -2.22. The van der Waals surface area contributed by atoms with Gasteiger partial charge in [-0.2, -0.15) is 18.3 Å². The zero-order valence-corrected chi connectivity index (χ0v) is 22.8. The predicted molar refractivity (Wildman–Crippen MR) is 148 cm³/mol. The number of benzene rings is 1. The van der Waals surface area contributed by atoms with Crippen LogP contribution in [0, 0.1) is 11.8 Å². The van der Waals surface area contributed by atoms with E-state index in [1.165, 1.54) is 18.3 Å². The van der Waals surface area contributed by atoms with E-state index in [1.54, 1.807) is 49.6 Å². The van der Waals surface area contributed by atoms with Crippen molar-refractivity contribution in [2.24, 2.45) is 11.8 Å². The Bertz CT molecular complexity index is 1560. The number of halogens is 3. The molecule has 0 bridgehead atoms. The number of carbonyl (C=O) groups excluding carboxylic acids is 1. The van der Waals surface area contributed by atoms with Crippen molar-refractivity contribution in [1.29, 1.82) is 0 Å². The smallest absolute Gasteiger partial charge is 0.416 e. The molecule has 4 aromatic rings. The minimum atomic E-state index is -4.46. The third-order valence-corrected chi connectivity index (χ3v) is 8.12. The van der Waals surface area contributed by atoms with Crippen LogP contribution in [0.2, 0.25) is 0 Å². The Morgan fingerprint density at radius 3 is 2.71 bits per heavy atom. The van der Waals surface area contributed by atoms with Crippen LogP contribution in [0.4, 0.5) is 13.2 Å². The van der Waals surface area contributed by atoms with Gasteiger partial charge in [-0.05, 0) is 85.9 Å². The quantitative estimate of drug-likeness (QED) is 0.240. The van der Waals surface area contributed by atoms with Crippen LogP contribution in [-0.2, 0) is 12.6 Å². The molecule has 0 spiro atoms. The van der Waals surface area contributed by atoms with Gasteiger partial charge in [0, 0.05) is 42.7 Å². The first-order valence-electron chi connectivity index (χ1n) is 14.0. The minimum Gasteiger partial charge on any atom is -0.439 e. The lowest BCUT2D eigenvalue weighted by Crippen LogP contribution is -2.36. The number of aliphatic hydroxyl groups excluding tert-OH is 1. The van der Waals surface area contributed by atoms with Crippen molar-refractivity contribution in [3.63, 3.8) is 0 Å². The summed E-state index contributed by atoms with van der Waals surface area (Å²) in [4.78, 5) is 21.6. The molecule has 5 atom stereocenters. The number of aromatic amines is 1. The molecule has 3 aromatic heterocycles. The lowest BCUT2D eigenvalue weighted by atomic mass is 9.95. The third kappa shape index (κ3) is 5.87. The first-order chi connectivity index (χ1) is 20.2. The normalized spacial score (nSPS) is 22.2. The summed E-state index contributed by atoms with van der Waals surface area (Å²) in [5.74, 6) is 0.738. The van der Waals surface area contributed by atoms with Gasteiger partial charge in [-0.25, -0.2) is 4.98 Å². The van der Waals surface area contributed by atoms with Gasteiger partial charge in [-0.1, -0.05) is 6.07 Å². The second-order valence-electron chi connectivity index (χ2n) is 11.1. The molecule has 1 amide bonds. The number of rotatable bonds is 8. The number of aromatic nitrogens is 4. The molecule has 6 rings (SSSR count). The molecular formula is C31H30F3N5O3. The monoisotopic (exact) mass is 577 g/mol. The number of hydrogen-bond acceptors (Lipinski definition) is 6. The number of amides is 1. The van der Waals surface area contributed by atoms with E-state index in [4.69, 9.17) is 4.74 Å². The SMILES string of the molecule is CC(O)Cc1c[nH]nc1-c1ccc(C(=O)NC2CCC3C(C2)C3c2cc(C(F)(F)F)ccc2Oc2ccccn2)cn1. The Morgan fingerprint density at radius 1 is 1.14 bits per heavy atom. The second-order valence-corrected chi connectivity index (χ2v) is 11.1. The van der Waals surface area contributed by atoms with Gasteiger partial charge >= 0.3 is 6.18 Å². The summed E-state index contributed by atoms with van der Waals surface area (Å²) in [5.41, 5.74) is 2.29.